The molecule has 1 saturated heterocycles. The number of aliphatic hydroxyl groups is 1. The van der Waals surface area contributed by atoms with Gasteiger partial charge >= 0.3 is 0 Å². The molecule has 4 heteroatoms. The number of aliphatic hydroxyl groups excluding tert-OH is 1. The van der Waals surface area contributed by atoms with Crippen LogP contribution in [0.4, 0.5) is 0 Å². The molecule has 2 aromatic rings. The molecule has 27 heavy (non-hydrogen) atoms. The molecular formula is C23H32O3Si. The lowest BCUT2D eigenvalue weighted by Gasteiger charge is -2.43. The Morgan fingerprint density at radius 1 is 0.963 bits per heavy atom. The Hall–Kier alpha value is -1.46. The minimum Gasteiger partial charge on any atom is -0.407 e. The minimum absolute atomic E-state index is 0.000852. The van der Waals surface area contributed by atoms with Gasteiger partial charge in [-0.2, -0.15) is 0 Å². The standard InChI is InChI=1S/C23H32O3Si/c1-18(15-21-22(16-24)26-21)17-25-27(23(2,3)4,19-11-7-5-8-12-19)20-13-9-6-10-14-20/h5-14,18,21-22,24H,15-17H2,1-4H3/t18-,21+,22+/m0/s1. The summed E-state index contributed by atoms with van der Waals surface area (Å²) >= 11 is 0. The van der Waals surface area contributed by atoms with Crippen molar-refractivity contribution in [3.05, 3.63) is 60.7 Å². The minimum atomic E-state index is -2.46. The maximum atomic E-state index is 9.20. The average Bonchev–Trinajstić information content (AvgIpc) is 3.41. The third-order valence-electron chi connectivity index (χ3n) is 5.50. The van der Waals surface area contributed by atoms with Crippen molar-refractivity contribution in [2.24, 2.45) is 5.92 Å². The van der Waals surface area contributed by atoms with Gasteiger partial charge < -0.3 is 14.3 Å². The fourth-order valence-corrected chi connectivity index (χ4v) is 8.73. The highest BCUT2D eigenvalue weighted by atomic mass is 28.4. The van der Waals surface area contributed by atoms with Crippen molar-refractivity contribution in [2.45, 2.75) is 51.4 Å². The van der Waals surface area contributed by atoms with Crippen LogP contribution in [0.15, 0.2) is 60.7 Å². The first-order chi connectivity index (χ1) is 12.9. The van der Waals surface area contributed by atoms with Crippen LogP contribution < -0.4 is 10.4 Å². The molecule has 0 bridgehead atoms. The normalized spacial score (nSPS) is 21.1. The molecule has 1 N–H and O–H groups in total. The van der Waals surface area contributed by atoms with Crippen molar-refractivity contribution < 1.29 is 14.3 Å². The van der Waals surface area contributed by atoms with Crippen molar-refractivity contribution in [2.75, 3.05) is 13.2 Å². The van der Waals surface area contributed by atoms with E-state index in [1.54, 1.807) is 0 Å². The van der Waals surface area contributed by atoms with Crippen LogP contribution in [0, 0.1) is 5.92 Å². The second-order valence-electron chi connectivity index (χ2n) is 8.71. The molecule has 0 radical (unpaired) electrons. The van der Waals surface area contributed by atoms with E-state index in [-0.39, 0.29) is 23.9 Å². The molecule has 3 nitrogen and oxygen atoms in total. The lowest BCUT2D eigenvalue weighted by atomic mass is 10.1. The van der Waals surface area contributed by atoms with Gasteiger partial charge in [0.15, 0.2) is 0 Å². The predicted molar refractivity (Wildman–Crippen MR) is 113 cm³/mol. The summed E-state index contributed by atoms with van der Waals surface area (Å²) in [6.07, 6.45) is 1.15. The summed E-state index contributed by atoms with van der Waals surface area (Å²) in [4.78, 5) is 0. The van der Waals surface area contributed by atoms with Crippen LogP contribution in [0.1, 0.15) is 34.1 Å². The molecule has 3 rings (SSSR count). The fourth-order valence-electron chi connectivity index (χ4n) is 4.04. The molecule has 146 valence electrons. The number of hydrogen-bond acceptors (Lipinski definition) is 3. The van der Waals surface area contributed by atoms with Gasteiger partial charge in [-0.05, 0) is 27.8 Å². The predicted octanol–water partition coefficient (Wildman–Crippen LogP) is 3.35. The van der Waals surface area contributed by atoms with Crippen LogP contribution >= 0.6 is 0 Å². The summed E-state index contributed by atoms with van der Waals surface area (Å²) in [5.74, 6) is 0.383. The molecule has 1 aliphatic heterocycles. The number of hydrogen-bond donors (Lipinski definition) is 1. The zero-order chi connectivity index (χ0) is 19.5. The largest absolute Gasteiger partial charge is 0.407 e. The van der Waals surface area contributed by atoms with Crippen molar-refractivity contribution in [3.63, 3.8) is 0 Å². The van der Waals surface area contributed by atoms with Gasteiger partial charge in [0.05, 0.1) is 12.7 Å². The Morgan fingerprint density at radius 2 is 1.48 bits per heavy atom. The monoisotopic (exact) mass is 384 g/mol. The summed E-state index contributed by atoms with van der Waals surface area (Å²) in [5.41, 5.74) is 0. The van der Waals surface area contributed by atoms with Crippen LogP contribution in [0.5, 0.6) is 0 Å². The molecule has 1 aliphatic rings. The second kappa shape index (κ2) is 8.27. The lowest BCUT2D eigenvalue weighted by Crippen LogP contribution is -2.66. The van der Waals surface area contributed by atoms with E-state index in [1.165, 1.54) is 10.4 Å². The number of ether oxygens (including phenoxy) is 1. The van der Waals surface area contributed by atoms with Crippen LogP contribution in [0.3, 0.4) is 0 Å². The third kappa shape index (κ3) is 4.35. The summed E-state index contributed by atoms with van der Waals surface area (Å²) in [6, 6.07) is 21.5. The van der Waals surface area contributed by atoms with E-state index in [4.69, 9.17) is 9.16 Å². The first kappa shape index (κ1) is 20.3. The van der Waals surface area contributed by atoms with E-state index in [0.29, 0.717) is 12.5 Å². The maximum Gasteiger partial charge on any atom is 0.261 e. The molecule has 1 fully saturated rings. The Labute approximate surface area is 164 Å². The van der Waals surface area contributed by atoms with Crippen LogP contribution in [0.2, 0.25) is 5.04 Å². The number of benzene rings is 2. The van der Waals surface area contributed by atoms with Crippen LogP contribution in [-0.4, -0.2) is 38.8 Å². The van der Waals surface area contributed by atoms with Crippen LogP contribution in [-0.2, 0) is 9.16 Å². The molecule has 0 aliphatic carbocycles. The van der Waals surface area contributed by atoms with Gasteiger partial charge in [-0.1, -0.05) is 88.4 Å². The molecule has 0 unspecified atom stereocenters. The molecule has 2 aromatic carbocycles. The zero-order valence-corrected chi connectivity index (χ0v) is 17.9. The highest BCUT2D eigenvalue weighted by molar-refractivity contribution is 6.99. The molecule has 0 spiro atoms. The van der Waals surface area contributed by atoms with E-state index < -0.39 is 8.32 Å². The first-order valence-corrected chi connectivity index (χ1v) is 11.8. The molecule has 0 amide bonds. The number of epoxide rings is 1. The Morgan fingerprint density at radius 3 is 1.89 bits per heavy atom. The first-order valence-electron chi connectivity index (χ1n) is 9.90. The molecule has 0 saturated carbocycles. The van der Waals surface area contributed by atoms with Gasteiger partial charge in [-0.3, -0.25) is 0 Å². The van der Waals surface area contributed by atoms with Crippen LogP contribution in [0.25, 0.3) is 0 Å². The zero-order valence-electron chi connectivity index (χ0n) is 16.9. The van der Waals surface area contributed by atoms with E-state index in [9.17, 15) is 5.11 Å². The molecular weight excluding hydrogens is 352 g/mol. The van der Waals surface area contributed by atoms with Gasteiger partial charge in [0.25, 0.3) is 8.32 Å². The lowest BCUT2D eigenvalue weighted by molar-refractivity contribution is 0.222. The van der Waals surface area contributed by atoms with E-state index in [0.717, 1.165) is 6.42 Å². The topological polar surface area (TPSA) is 42.0 Å². The number of rotatable bonds is 8. The van der Waals surface area contributed by atoms with Crippen molar-refractivity contribution in [3.8, 4) is 0 Å². The Kier molecular flexibility index (Phi) is 6.21. The summed E-state index contributed by atoms with van der Waals surface area (Å²) < 4.78 is 12.5. The quantitative estimate of drug-likeness (QED) is 0.561. The van der Waals surface area contributed by atoms with Gasteiger partial charge in [0.2, 0.25) is 0 Å². The third-order valence-corrected chi connectivity index (χ3v) is 10.5. The Bertz CT molecular complexity index is 672. The van der Waals surface area contributed by atoms with Gasteiger partial charge in [-0.25, -0.2) is 0 Å². The second-order valence-corrected chi connectivity index (χ2v) is 13.0. The van der Waals surface area contributed by atoms with Crippen molar-refractivity contribution in [1.29, 1.82) is 0 Å². The summed E-state index contributed by atoms with van der Waals surface area (Å²) in [6.45, 7) is 9.94. The fraction of sp³-hybridized carbons (Fsp3) is 0.478. The molecule has 3 atom stereocenters. The smallest absolute Gasteiger partial charge is 0.261 e. The van der Waals surface area contributed by atoms with E-state index in [1.807, 2.05) is 0 Å². The highest BCUT2D eigenvalue weighted by Gasteiger charge is 2.50. The van der Waals surface area contributed by atoms with Gasteiger partial charge in [0, 0.05) is 6.61 Å². The van der Waals surface area contributed by atoms with Gasteiger partial charge in [-0.15, -0.1) is 0 Å². The molecule has 1 heterocycles. The maximum absolute atomic E-state index is 9.20. The summed E-state index contributed by atoms with van der Waals surface area (Å²) in [7, 11) is -2.46. The van der Waals surface area contributed by atoms with E-state index >= 15 is 0 Å². The SMILES string of the molecule is C[C@H](CO[Si](c1ccccc1)(c1ccccc1)C(C)(C)C)C[C@H]1O[C@@H]1CO. The average molecular weight is 385 g/mol. The van der Waals surface area contributed by atoms with Crippen molar-refractivity contribution in [1.82, 2.24) is 0 Å². The Balaban J connectivity index is 1.90. The molecule has 0 aromatic heterocycles. The van der Waals surface area contributed by atoms with E-state index in [2.05, 4.69) is 88.4 Å². The van der Waals surface area contributed by atoms with Crippen molar-refractivity contribution >= 4 is 18.7 Å². The summed E-state index contributed by atoms with van der Waals surface area (Å²) in [5, 5.41) is 11.8. The van der Waals surface area contributed by atoms with Gasteiger partial charge in [0.1, 0.15) is 6.10 Å². The highest BCUT2D eigenvalue weighted by Crippen LogP contribution is 2.37.